The molecule has 0 bridgehead atoms. The Kier molecular flexibility index (Phi) is 6.32. The molecule has 192 valence electrons. The molecule has 37 heavy (non-hydrogen) atoms. The van der Waals surface area contributed by atoms with Gasteiger partial charge >= 0.3 is 11.9 Å². The number of carbonyl (C=O) groups excluding carboxylic acids is 1. The average molecular weight is 517 g/mol. The quantitative estimate of drug-likeness (QED) is 0.279. The second-order valence-electron chi connectivity index (χ2n) is 8.72. The van der Waals surface area contributed by atoms with Crippen LogP contribution in [0, 0.1) is 11.6 Å². The van der Waals surface area contributed by atoms with E-state index >= 15 is 0 Å². The standard InChI is InChI=1S/C26H20F5N3O3/c27-18-4-7-21(28)20(14-18)24(35)16-1-8-22-23(13-16)37-25(36)34(22)15-32-9-11-33(12-10-32)19-5-2-17(3-6-19)26(29,30)31/h1-8,13-14H,9-12,15H2. The molecule has 2 heterocycles. The van der Waals surface area contributed by atoms with Gasteiger partial charge in [-0.25, -0.2) is 13.6 Å². The molecule has 6 nitrogen and oxygen atoms in total. The third-order valence-electron chi connectivity index (χ3n) is 6.38. The van der Waals surface area contributed by atoms with Crippen molar-refractivity contribution in [1.29, 1.82) is 0 Å². The Balaban J connectivity index is 1.28. The van der Waals surface area contributed by atoms with Gasteiger partial charge in [0.05, 0.1) is 23.3 Å². The zero-order chi connectivity index (χ0) is 26.3. The first-order chi connectivity index (χ1) is 17.6. The van der Waals surface area contributed by atoms with E-state index in [0.29, 0.717) is 37.4 Å². The Labute approximate surface area is 207 Å². The van der Waals surface area contributed by atoms with E-state index in [4.69, 9.17) is 4.42 Å². The van der Waals surface area contributed by atoms with Gasteiger partial charge in [0.25, 0.3) is 0 Å². The number of anilines is 1. The lowest BCUT2D eigenvalue weighted by molar-refractivity contribution is -0.137. The van der Waals surface area contributed by atoms with Gasteiger partial charge in [-0.1, -0.05) is 0 Å². The van der Waals surface area contributed by atoms with Crippen molar-refractivity contribution in [3.8, 4) is 0 Å². The highest BCUT2D eigenvalue weighted by molar-refractivity contribution is 6.10. The molecular weight excluding hydrogens is 497 g/mol. The molecular formula is C26H20F5N3O3. The van der Waals surface area contributed by atoms with Crippen LogP contribution < -0.4 is 10.7 Å². The van der Waals surface area contributed by atoms with Gasteiger partial charge in [-0.15, -0.1) is 0 Å². The number of halogens is 5. The zero-order valence-corrected chi connectivity index (χ0v) is 19.3. The second-order valence-corrected chi connectivity index (χ2v) is 8.72. The molecule has 0 atom stereocenters. The minimum Gasteiger partial charge on any atom is -0.408 e. The lowest BCUT2D eigenvalue weighted by Gasteiger charge is -2.36. The number of ketones is 1. The molecule has 1 fully saturated rings. The third kappa shape index (κ3) is 4.99. The fraction of sp³-hybridized carbons (Fsp3) is 0.231. The van der Waals surface area contributed by atoms with Crippen molar-refractivity contribution in [1.82, 2.24) is 9.47 Å². The number of rotatable bonds is 5. The molecule has 1 aliphatic rings. The van der Waals surface area contributed by atoms with Crippen LogP contribution in [0.15, 0.2) is 69.9 Å². The summed E-state index contributed by atoms with van der Waals surface area (Å²) in [5.74, 6) is -2.99. The summed E-state index contributed by atoms with van der Waals surface area (Å²) in [6.07, 6.45) is -4.39. The highest BCUT2D eigenvalue weighted by Gasteiger charge is 2.30. The molecule has 0 radical (unpaired) electrons. The number of hydrogen-bond acceptors (Lipinski definition) is 5. The maximum atomic E-state index is 14.0. The molecule has 3 aromatic carbocycles. The number of fused-ring (bicyclic) bond motifs is 1. The summed E-state index contributed by atoms with van der Waals surface area (Å²) in [6.45, 7) is 2.41. The summed E-state index contributed by atoms with van der Waals surface area (Å²) >= 11 is 0. The molecule has 1 aliphatic heterocycles. The largest absolute Gasteiger partial charge is 0.421 e. The van der Waals surface area contributed by atoms with E-state index in [2.05, 4.69) is 0 Å². The van der Waals surface area contributed by atoms with Crippen LogP contribution in [0.2, 0.25) is 0 Å². The smallest absolute Gasteiger partial charge is 0.408 e. The van der Waals surface area contributed by atoms with Crippen molar-refractivity contribution in [2.75, 3.05) is 31.1 Å². The molecule has 0 spiro atoms. The number of aromatic nitrogens is 1. The van der Waals surface area contributed by atoms with Gasteiger partial charge < -0.3 is 9.32 Å². The van der Waals surface area contributed by atoms with E-state index < -0.39 is 40.5 Å². The second kappa shape index (κ2) is 9.47. The van der Waals surface area contributed by atoms with Gasteiger partial charge in [0.1, 0.15) is 11.6 Å². The van der Waals surface area contributed by atoms with E-state index in [1.165, 1.54) is 34.9 Å². The topological polar surface area (TPSA) is 58.7 Å². The molecule has 1 saturated heterocycles. The minimum absolute atomic E-state index is 0.0445. The summed E-state index contributed by atoms with van der Waals surface area (Å²) in [4.78, 5) is 29.2. The monoisotopic (exact) mass is 517 g/mol. The molecule has 4 aromatic rings. The molecule has 0 amide bonds. The van der Waals surface area contributed by atoms with E-state index in [0.717, 1.165) is 30.3 Å². The molecule has 5 rings (SSSR count). The number of nitrogens with zero attached hydrogens (tertiary/aromatic N) is 3. The zero-order valence-electron chi connectivity index (χ0n) is 19.3. The summed E-state index contributed by atoms with van der Waals surface area (Å²) < 4.78 is 72.7. The molecule has 1 aromatic heterocycles. The fourth-order valence-corrected chi connectivity index (χ4v) is 4.38. The predicted molar refractivity (Wildman–Crippen MR) is 125 cm³/mol. The first kappa shape index (κ1) is 24.7. The van der Waals surface area contributed by atoms with Crippen molar-refractivity contribution in [2.24, 2.45) is 0 Å². The van der Waals surface area contributed by atoms with Crippen molar-refractivity contribution >= 4 is 22.6 Å². The van der Waals surface area contributed by atoms with Crippen LogP contribution in [-0.4, -0.2) is 41.4 Å². The van der Waals surface area contributed by atoms with E-state index in [9.17, 15) is 31.5 Å². The molecule has 0 aliphatic carbocycles. The summed E-state index contributed by atoms with van der Waals surface area (Å²) in [5.41, 5.74) is 0.176. The van der Waals surface area contributed by atoms with E-state index in [1.54, 1.807) is 0 Å². The van der Waals surface area contributed by atoms with E-state index in [1.807, 2.05) is 9.80 Å². The number of hydrogen-bond donors (Lipinski definition) is 0. The van der Waals surface area contributed by atoms with Crippen molar-refractivity contribution < 1.29 is 31.2 Å². The SMILES string of the molecule is O=C(c1ccc2c(c1)oc(=O)n2CN1CCN(c2ccc(C(F)(F)F)cc2)CC1)c1cc(F)ccc1F. The predicted octanol–water partition coefficient (Wildman–Crippen LogP) is 4.90. The Morgan fingerprint density at radius 3 is 2.27 bits per heavy atom. The molecule has 11 heteroatoms. The van der Waals surface area contributed by atoms with Gasteiger partial charge in [0.2, 0.25) is 0 Å². The van der Waals surface area contributed by atoms with Crippen LogP contribution in [0.3, 0.4) is 0 Å². The Hall–Kier alpha value is -3.99. The van der Waals surface area contributed by atoms with Gasteiger partial charge in [0, 0.05) is 37.4 Å². The lowest BCUT2D eigenvalue weighted by Crippen LogP contribution is -2.47. The van der Waals surface area contributed by atoms with Gasteiger partial charge in [-0.2, -0.15) is 13.2 Å². The van der Waals surface area contributed by atoms with Crippen LogP contribution in [0.4, 0.5) is 27.6 Å². The molecule has 0 saturated carbocycles. The number of alkyl halides is 3. The summed E-state index contributed by atoms with van der Waals surface area (Å²) in [5, 5.41) is 0. The lowest BCUT2D eigenvalue weighted by atomic mass is 10.0. The van der Waals surface area contributed by atoms with Gasteiger partial charge in [-0.05, 0) is 60.7 Å². The normalized spacial score (nSPS) is 14.9. The average Bonchev–Trinajstić information content (AvgIpc) is 3.19. The van der Waals surface area contributed by atoms with E-state index in [-0.39, 0.29) is 17.8 Å². The van der Waals surface area contributed by atoms with Gasteiger partial charge in [-0.3, -0.25) is 14.3 Å². The Morgan fingerprint density at radius 2 is 1.59 bits per heavy atom. The number of piperazine rings is 1. The maximum Gasteiger partial charge on any atom is 0.421 e. The first-order valence-corrected chi connectivity index (χ1v) is 11.4. The Morgan fingerprint density at radius 1 is 0.892 bits per heavy atom. The van der Waals surface area contributed by atoms with Crippen molar-refractivity contribution in [3.05, 3.63) is 99.5 Å². The fourth-order valence-electron chi connectivity index (χ4n) is 4.38. The van der Waals surface area contributed by atoms with Crippen molar-refractivity contribution in [2.45, 2.75) is 12.8 Å². The first-order valence-electron chi connectivity index (χ1n) is 11.4. The Bertz CT molecular complexity index is 1520. The minimum atomic E-state index is -4.39. The van der Waals surface area contributed by atoms with Crippen LogP contribution in [0.5, 0.6) is 0 Å². The summed E-state index contributed by atoms with van der Waals surface area (Å²) in [6, 6.07) is 11.9. The maximum absolute atomic E-state index is 14.0. The van der Waals surface area contributed by atoms with Crippen molar-refractivity contribution in [3.63, 3.8) is 0 Å². The van der Waals surface area contributed by atoms with Crippen LogP contribution in [0.25, 0.3) is 11.1 Å². The van der Waals surface area contributed by atoms with Crippen LogP contribution in [0.1, 0.15) is 21.5 Å². The number of carbonyl (C=O) groups is 1. The molecule has 0 N–H and O–H groups in total. The molecule has 0 unspecified atom stereocenters. The van der Waals surface area contributed by atoms with Gasteiger partial charge in [0.15, 0.2) is 11.4 Å². The number of oxazole rings is 1. The van der Waals surface area contributed by atoms with Crippen LogP contribution in [-0.2, 0) is 12.8 Å². The van der Waals surface area contributed by atoms with Crippen LogP contribution >= 0.6 is 0 Å². The number of benzene rings is 3. The third-order valence-corrected chi connectivity index (χ3v) is 6.38. The highest BCUT2D eigenvalue weighted by Crippen LogP contribution is 2.31. The summed E-state index contributed by atoms with van der Waals surface area (Å²) in [7, 11) is 0. The highest BCUT2D eigenvalue weighted by atomic mass is 19.4.